The number of carboxylic acids is 1. The van der Waals surface area contributed by atoms with Gasteiger partial charge in [0.2, 0.25) is 0 Å². The van der Waals surface area contributed by atoms with Crippen LogP contribution in [0.3, 0.4) is 0 Å². The van der Waals surface area contributed by atoms with Gasteiger partial charge in [-0.15, -0.1) is 0 Å². The van der Waals surface area contributed by atoms with Crippen LogP contribution >= 0.6 is 34.8 Å². The van der Waals surface area contributed by atoms with Crippen molar-refractivity contribution >= 4 is 46.5 Å². The summed E-state index contributed by atoms with van der Waals surface area (Å²) in [5.74, 6) is -1.53. The molecule has 1 aromatic rings. The van der Waals surface area contributed by atoms with E-state index in [1.807, 2.05) is 0 Å². The zero-order chi connectivity index (χ0) is 12.6. The lowest BCUT2D eigenvalue weighted by molar-refractivity contribution is -0.385. The molecule has 1 N–H and O–H groups in total. The van der Waals surface area contributed by atoms with E-state index in [-0.39, 0.29) is 15.6 Å². The van der Waals surface area contributed by atoms with E-state index in [0.29, 0.717) is 0 Å². The van der Waals surface area contributed by atoms with Gasteiger partial charge in [-0.2, -0.15) is 0 Å². The van der Waals surface area contributed by atoms with Crippen molar-refractivity contribution in [3.63, 3.8) is 0 Å². The molecule has 86 valence electrons. The minimum atomic E-state index is -1.53. The van der Waals surface area contributed by atoms with Crippen LogP contribution in [0, 0.1) is 17.0 Å². The lowest BCUT2D eigenvalue weighted by atomic mass is 10.1. The predicted octanol–water partition coefficient (Wildman–Crippen LogP) is 3.56. The third-order valence-corrected chi connectivity index (χ3v) is 3.32. The van der Waals surface area contributed by atoms with Gasteiger partial charge in [-0.1, -0.05) is 34.8 Å². The molecule has 0 fully saturated rings. The summed E-state index contributed by atoms with van der Waals surface area (Å²) in [6.45, 7) is 1.42. The van der Waals surface area contributed by atoms with Crippen molar-refractivity contribution in [1.29, 1.82) is 0 Å². The van der Waals surface area contributed by atoms with Gasteiger partial charge in [0.15, 0.2) is 5.56 Å². The Labute approximate surface area is 105 Å². The Balaban J connectivity index is 3.83. The van der Waals surface area contributed by atoms with E-state index in [1.165, 1.54) is 6.92 Å². The molecule has 0 amide bonds. The van der Waals surface area contributed by atoms with E-state index in [9.17, 15) is 14.9 Å². The first-order valence-electron chi connectivity index (χ1n) is 3.83. The SMILES string of the molecule is Cc1c(Cl)c(Cl)c([N+](=O)[O-])c(C(=O)O)c1Cl. The first kappa shape index (κ1) is 13.0. The molecule has 0 spiro atoms. The normalized spacial score (nSPS) is 10.2. The van der Waals surface area contributed by atoms with Crippen molar-refractivity contribution in [2.45, 2.75) is 6.92 Å². The summed E-state index contributed by atoms with van der Waals surface area (Å²) in [6.07, 6.45) is 0. The number of nitro benzene ring substituents is 1. The number of halogens is 3. The van der Waals surface area contributed by atoms with Crippen LogP contribution in [0.4, 0.5) is 5.69 Å². The highest BCUT2D eigenvalue weighted by atomic mass is 35.5. The summed E-state index contributed by atoms with van der Waals surface area (Å²) in [6, 6.07) is 0. The van der Waals surface area contributed by atoms with Crippen molar-refractivity contribution in [1.82, 2.24) is 0 Å². The van der Waals surface area contributed by atoms with Gasteiger partial charge in [-0.05, 0) is 12.5 Å². The number of aromatic carboxylic acids is 1. The third kappa shape index (κ3) is 1.93. The van der Waals surface area contributed by atoms with Crippen LogP contribution in [0.15, 0.2) is 0 Å². The summed E-state index contributed by atoms with van der Waals surface area (Å²) >= 11 is 17.0. The van der Waals surface area contributed by atoms with Gasteiger partial charge in [0.1, 0.15) is 5.02 Å². The Morgan fingerprint density at radius 1 is 1.25 bits per heavy atom. The fraction of sp³-hybridized carbons (Fsp3) is 0.125. The fourth-order valence-electron chi connectivity index (χ4n) is 1.13. The zero-order valence-electron chi connectivity index (χ0n) is 7.75. The van der Waals surface area contributed by atoms with Crippen molar-refractivity contribution in [2.24, 2.45) is 0 Å². The molecule has 0 aromatic heterocycles. The molecule has 1 aromatic carbocycles. The highest BCUT2D eigenvalue weighted by Crippen LogP contribution is 2.42. The van der Waals surface area contributed by atoms with Crippen molar-refractivity contribution < 1.29 is 14.8 Å². The molecular formula is C8H4Cl3NO4. The molecule has 0 saturated heterocycles. The van der Waals surface area contributed by atoms with Crippen LogP contribution < -0.4 is 0 Å². The van der Waals surface area contributed by atoms with Gasteiger partial charge in [-0.3, -0.25) is 10.1 Å². The summed E-state index contributed by atoms with van der Waals surface area (Å²) in [7, 11) is 0. The van der Waals surface area contributed by atoms with Crippen molar-refractivity contribution in [2.75, 3.05) is 0 Å². The molecule has 0 unspecified atom stereocenters. The van der Waals surface area contributed by atoms with E-state index < -0.39 is 27.2 Å². The standard InChI is InChI=1S/C8H4Cl3NO4/c1-2-4(9)3(8(13)14)7(12(15)16)6(11)5(2)10/h1H3,(H,13,14). The van der Waals surface area contributed by atoms with Gasteiger partial charge in [0.05, 0.1) is 15.0 Å². The van der Waals surface area contributed by atoms with E-state index in [2.05, 4.69) is 0 Å². The van der Waals surface area contributed by atoms with Crippen LogP contribution in [0.2, 0.25) is 15.1 Å². The molecule has 5 nitrogen and oxygen atoms in total. The largest absolute Gasteiger partial charge is 0.477 e. The van der Waals surface area contributed by atoms with Crippen LogP contribution in [0.1, 0.15) is 15.9 Å². The predicted molar refractivity (Wildman–Crippen MR) is 59.8 cm³/mol. The molecule has 0 atom stereocenters. The number of nitro groups is 1. The van der Waals surface area contributed by atoms with Gasteiger partial charge < -0.3 is 5.11 Å². The zero-order valence-corrected chi connectivity index (χ0v) is 10.0. The van der Waals surface area contributed by atoms with Crippen molar-refractivity contribution in [3.05, 3.63) is 36.3 Å². The number of benzene rings is 1. The lowest BCUT2D eigenvalue weighted by Gasteiger charge is -2.08. The summed E-state index contributed by atoms with van der Waals surface area (Å²) in [5, 5.41) is 18.7. The molecular weight excluding hydrogens is 280 g/mol. The Morgan fingerprint density at radius 2 is 1.75 bits per heavy atom. The second-order valence-corrected chi connectivity index (χ2v) is 3.99. The highest BCUT2D eigenvalue weighted by molar-refractivity contribution is 6.46. The minimum absolute atomic E-state index is 0.122. The first-order chi connectivity index (χ1) is 7.29. The number of carbonyl (C=O) groups is 1. The van der Waals surface area contributed by atoms with E-state index in [4.69, 9.17) is 39.9 Å². The van der Waals surface area contributed by atoms with E-state index in [1.54, 1.807) is 0 Å². The molecule has 1 rings (SSSR count). The number of hydrogen-bond donors (Lipinski definition) is 1. The highest BCUT2D eigenvalue weighted by Gasteiger charge is 2.31. The fourth-order valence-corrected chi connectivity index (χ4v) is 1.94. The molecule has 0 heterocycles. The van der Waals surface area contributed by atoms with Crippen LogP contribution in [-0.2, 0) is 0 Å². The van der Waals surface area contributed by atoms with Crippen LogP contribution in [-0.4, -0.2) is 16.0 Å². The lowest BCUT2D eigenvalue weighted by Crippen LogP contribution is -2.06. The second-order valence-electron chi connectivity index (χ2n) is 2.85. The maximum atomic E-state index is 10.9. The number of hydrogen-bond acceptors (Lipinski definition) is 3. The quantitative estimate of drug-likeness (QED) is 0.511. The molecule has 0 radical (unpaired) electrons. The molecule has 0 aliphatic rings. The van der Waals surface area contributed by atoms with Gasteiger partial charge in [0, 0.05) is 0 Å². The summed E-state index contributed by atoms with van der Waals surface area (Å²) in [4.78, 5) is 20.6. The Hall–Kier alpha value is -1.04. The molecule has 0 saturated carbocycles. The van der Waals surface area contributed by atoms with Gasteiger partial charge in [-0.25, -0.2) is 4.79 Å². The molecule has 0 bridgehead atoms. The Morgan fingerprint density at radius 3 is 2.12 bits per heavy atom. The van der Waals surface area contributed by atoms with Crippen molar-refractivity contribution in [3.8, 4) is 0 Å². The van der Waals surface area contributed by atoms with Gasteiger partial charge in [0.25, 0.3) is 0 Å². The average molecular weight is 284 g/mol. The van der Waals surface area contributed by atoms with Crippen LogP contribution in [0.5, 0.6) is 0 Å². The molecule has 0 aliphatic heterocycles. The maximum Gasteiger partial charge on any atom is 0.344 e. The topological polar surface area (TPSA) is 80.4 Å². The monoisotopic (exact) mass is 283 g/mol. The van der Waals surface area contributed by atoms with E-state index >= 15 is 0 Å². The Bertz CT molecular complexity index is 456. The van der Waals surface area contributed by atoms with Crippen LogP contribution in [0.25, 0.3) is 0 Å². The molecule has 0 aliphatic carbocycles. The number of nitrogens with zero attached hydrogens (tertiary/aromatic N) is 1. The number of rotatable bonds is 2. The van der Waals surface area contributed by atoms with Gasteiger partial charge >= 0.3 is 11.7 Å². The summed E-state index contributed by atoms with van der Waals surface area (Å²) in [5.41, 5.74) is -1.26. The smallest absolute Gasteiger partial charge is 0.344 e. The maximum absolute atomic E-state index is 10.9. The Kier molecular flexibility index (Phi) is 3.62. The van der Waals surface area contributed by atoms with E-state index in [0.717, 1.165) is 0 Å². The average Bonchev–Trinajstić information content (AvgIpc) is 2.18. The first-order valence-corrected chi connectivity index (χ1v) is 4.97. The third-order valence-electron chi connectivity index (χ3n) is 1.91. The number of carboxylic acid groups (broad SMARTS) is 1. The molecule has 8 heteroatoms. The minimum Gasteiger partial charge on any atom is -0.477 e. The summed E-state index contributed by atoms with van der Waals surface area (Å²) < 4.78 is 0. The molecule has 16 heavy (non-hydrogen) atoms. The second kappa shape index (κ2) is 4.45.